The Hall–Kier alpha value is -2.06. The molecule has 8 heteroatoms. The maximum absolute atomic E-state index is 12.1. The van der Waals surface area contributed by atoms with Crippen LogP contribution in [0, 0.1) is 0 Å². The first-order chi connectivity index (χ1) is 14.5. The molecule has 1 fully saturated rings. The summed E-state index contributed by atoms with van der Waals surface area (Å²) in [6, 6.07) is 3.98. The van der Waals surface area contributed by atoms with Gasteiger partial charge in [0.1, 0.15) is 20.5 Å². The van der Waals surface area contributed by atoms with Crippen molar-refractivity contribution in [1.82, 2.24) is 15.0 Å². The topological polar surface area (TPSA) is 84.8 Å². The second-order valence-corrected chi connectivity index (χ2v) is 11.9. The Kier molecular flexibility index (Phi) is 5.23. The zero-order valence-electron chi connectivity index (χ0n) is 17.1. The van der Waals surface area contributed by atoms with Crippen LogP contribution in [-0.2, 0) is 22.7 Å². The molecule has 0 saturated heterocycles. The maximum atomic E-state index is 12.1. The van der Waals surface area contributed by atoms with Crippen molar-refractivity contribution >= 4 is 37.2 Å². The summed E-state index contributed by atoms with van der Waals surface area (Å²) in [6.07, 6.45) is 12.8. The molecule has 3 aromatic rings. The molecular formula is C22H26N4O2S2. The number of hydrogen-bond donors (Lipinski definition) is 1. The largest absolute Gasteiger partial charge is 0.367 e. The molecule has 0 aromatic carbocycles. The van der Waals surface area contributed by atoms with Crippen molar-refractivity contribution in [3.8, 4) is 11.4 Å². The van der Waals surface area contributed by atoms with Gasteiger partial charge in [-0.3, -0.25) is 4.98 Å². The molecule has 2 aliphatic carbocycles. The molecule has 6 nitrogen and oxygen atoms in total. The second kappa shape index (κ2) is 7.89. The first-order valence-electron chi connectivity index (χ1n) is 10.7. The number of nitrogens with zero attached hydrogens (tertiary/aromatic N) is 3. The van der Waals surface area contributed by atoms with Gasteiger partial charge in [0.2, 0.25) is 0 Å². The molecule has 2 atom stereocenters. The second-order valence-electron chi connectivity index (χ2n) is 8.49. The summed E-state index contributed by atoms with van der Waals surface area (Å²) in [5.41, 5.74) is 2.28. The fourth-order valence-corrected chi connectivity index (χ4v) is 7.18. The van der Waals surface area contributed by atoms with Crippen molar-refractivity contribution in [2.75, 3.05) is 11.6 Å². The van der Waals surface area contributed by atoms with Crippen LogP contribution >= 0.6 is 11.3 Å². The van der Waals surface area contributed by atoms with Crippen LogP contribution in [0.2, 0.25) is 0 Å². The highest BCUT2D eigenvalue weighted by atomic mass is 32.2. The van der Waals surface area contributed by atoms with Gasteiger partial charge >= 0.3 is 0 Å². The lowest BCUT2D eigenvalue weighted by atomic mass is 9.94. The van der Waals surface area contributed by atoms with Crippen LogP contribution in [-0.4, -0.2) is 40.9 Å². The van der Waals surface area contributed by atoms with Gasteiger partial charge in [-0.25, -0.2) is 18.4 Å². The summed E-state index contributed by atoms with van der Waals surface area (Å²) in [5.74, 6) is 1.53. The number of aryl methyl sites for hydroxylation is 2. The fourth-order valence-electron chi connectivity index (χ4n) is 4.74. The molecule has 2 unspecified atom stereocenters. The normalized spacial score (nSPS) is 22.0. The van der Waals surface area contributed by atoms with Gasteiger partial charge in [0, 0.05) is 35.1 Å². The molecule has 1 N–H and O–H groups in total. The Bertz CT molecular complexity index is 1170. The van der Waals surface area contributed by atoms with E-state index < -0.39 is 9.84 Å². The smallest absolute Gasteiger partial charge is 0.164 e. The van der Waals surface area contributed by atoms with Gasteiger partial charge in [0.15, 0.2) is 5.82 Å². The van der Waals surface area contributed by atoms with Crippen LogP contribution in [0.1, 0.15) is 49.0 Å². The van der Waals surface area contributed by atoms with E-state index in [0.717, 1.165) is 53.7 Å². The average molecular weight is 443 g/mol. The summed E-state index contributed by atoms with van der Waals surface area (Å²) in [4.78, 5) is 16.5. The van der Waals surface area contributed by atoms with Crippen LogP contribution < -0.4 is 5.32 Å². The molecule has 30 heavy (non-hydrogen) atoms. The number of aromatic nitrogens is 3. The lowest BCUT2D eigenvalue weighted by Crippen LogP contribution is -2.34. The van der Waals surface area contributed by atoms with Crippen LogP contribution in [0.5, 0.6) is 0 Å². The molecule has 158 valence electrons. The monoisotopic (exact) mass is 442 g/mol. The molecule has 2 aliphatic rings. The van der Waals surface area contributed by atoms with E-state index in [1.54, 1.807) is 23.7 Å². The standard InChI is InChI=1S/C22H26N4O2S2/c1-30(27,28)16-8-4-7-15(12-16)24-21-19-17-9-2-3-10-18(17)29-22(19)26-20(25-21)14-6-5-11-23-13-14/h5-6,11,13,15-16H,2-4,7-10,12H2,1H3,(H,24,25,26). The third kappa shape index (κ3) is 3.83. The van der Waals surface area contributed by atoms with Crippen molar-refractivity contribution in [3.63, 3.8) is 0 Å². The Balaban J connectivity index is 1.57. The lowest BCUT2D eigenvalue weighted by molar-refractivity contribution is 0.452. The Morgan fingerprint density at radius 1 is 1.13 bits per heavy atom. The third-order valence-electron chi connectivity index (χ3n) is 6.31. The minimum absolute atomic E-state index is 0.109. The van der Waals surface area contributed by atoms with Crippen molar-refractivity contribution in [2.24, 2.45) is 0 Å². The summed E-state index contributed by atoms with van der Waals surface area (Å²) in [7, 11) is -3.03. The van der Waals surface area contributed by atoms with Crippen LogP contribution in [0.25, 0.3) is 21.6 Å². The molecule has 3 aromatic heterocycles. The van der Waals surface area contributed by atoms with Gasteiger partial charge in [0.25, 0.3) is 0 Å². The number of rotatable bonds is 4. The minimum atomic E-state index is -3.03. The molecule has 0 bridgehead atoms. The molecule has 5 rings (SSSR count). The van der Waals surface area contributed by atoms with E-state index in [0.29, 0.717) is 12.2 Å². The van der Waals surface area contributed by atoms with Crippen molar-refractivity contribution in [2.45, 2.75) is 62.7 Å². The number of thiophene rings is 1. The van der Waals surface area contributed by atoms with E-state index >= 15 is 0 Å². The Morgan fingerprint density at radius 2 is 2.00 bits per heavy atom. The highest BCUT2D eigenvalue weighted by Crippen LogP contribution is 2.40. The van der Waals surface area contributed by atoms with Crippen LogP contribution in [0.15, 0.2) is 24.5 Å². The van der Waals surface area contributed by atoms with Crippen molar-refractivity contribution < 1.29 is 8.42 Å². The molecule has 0 radical (unpaired) electrons. The summed E-state index contributed by atoms with van der Waals surface area (Å²) in [5, 5.41) is 4.52. The van der Waals surface area contributed by atoms with Crippen LogP contribution in [0.4, 0.5) is 5.82 Å². The van der Waals surface area contributed by atoms with Gasteiger partial charge < -0.3 is 5.32 Å². The van der Waals surface area contributed by atoms with Gasteiger partial charge in [-0.1, -0.05) is 6.42 Å². The van der Waals surface area contributed by atoms with Crippen molar-refractivity contribution in [1.29, 1.82) is 0 Å². The number of hydrogen-bond acceptors (Lipinski definition) is 7. The SMILES string of the molecule is CS(=O)(=O)C1CCCC(Nc2nc(-c3cccnc3)nc3sc4c(c23)CCCC4)C1. The van der Waals surface area contributed by atoms with E-state index in [1.807, 2.05) is 12.1 Å². The number of anilines is 1. The number of sulfone groups is 1. The molecule has 1 saturated carbocycles. The zero-order valence-corrected chi connectivity index (χ0v) is 18.7. The fraction of sp³-hybridized carbons (Fsp3) is 0.500. The molecule has 0 amide bonds. The van der Waals surface area contributed by atoms with Gasteiger partial charge in [-0.05, 0) is 62.6 Å². The van der Waals surface area contributed by atoms with Gasteiger partial charge in [0.05, 0.1) is 10.6 Å². The highest BCUT2D eigenvalue weighted by molar-refractivity contribution is 7.91. The molecule has 3 heterocycles. The molecule has 0 aliphatic heterocycles. The van der Waals surface area contributed by atoms with E-state index in [9.17, 15) is 8.42 Å². The predicted octanol–water partition coefficient (Wildman–Crippen LogP) is 4.40. The number of pyridine rings is 1. The number of nitrogens with one attached hydrogen (secondary N) is 1. The summed E-state index contributed by atoms with van der Waals surface area (Å²) < 4.78 is 24.3. The third-order valence-corrected chi connectivity index (χ3v) is 9.13. The average Bonchev–Trinajstić information content (AvgIpc) is 3.13. The van der Waals surface area contributed by atoms with E-state index in [4.69, 9.17) is 9.97 Å². The Morgan fingerprint density at radius 3 is 2.80 bits per heavy atom. The zero-order chi connectivity index (χ0) is 20.7. The van der Waals surface area contributed by atoms with Gasteiger partial charge in [-0.2, -0.15) is 0 Å². The van der Waals surface area contributed by atoms with Crippen molar-refractivity contribution in [3.05, 3.63) is 35.0 Å². The summed E-state index contributed by atoms with van der Waals surface area (Å²) >= 11 is 1.78. The quantitative estimate of drug-likeness (QED) is 0.645. The Labute approximate surface area is 181 Å². The first kappa shape index (κ1) is 19.9. The number of fused-ring (bicyclic) bond motifs is 3. The van der Waals surface area contributed by atoms with Gasteiger partial charge in [-0.15, -0.1) is 11.3 Å². The lowest BCUT2D eigenvalue weighted by Gasteiger charge is -2.29. The highest BCUT2D eigenvalue weighted by Gasteiger charge is 2.30. The first-order valence-corrected chi connectivity index (χ1v) is 13.4. The molecular weight excluding hydrogens is 416 g/mol. The van der Waals surface area contributed by atoms with E-state index in [2.05, 4.69) is 10.3 Å². The molecule has 0 spiro atoms. The van der Waals surface area contributed by atoms with E-state index in [-0.39, 0.29) is 11.3 Å². The minimum Gasteiger partial charge on any atom is -0.367 e. The van der Waals surface area contributed by atoms with E-state index in [1.165, 1.54) is 29.5 Å². The summed E-state index contributed by atoms with van der Waals surface area (Å²) in [6.45, 7) is 0. The van der Waals surface area contributed by atoms with Crippen LogP contribution in [0.3, 0.4) is 0 Å². The predicted molar refractivity (Wildman–Crippen MR) is 122 cm³/mol. The maximum Gasteiger partial charge on any atom is 0.164 e.